The van der Waals surface area contributed by atoms with E-state index in [4.69, 9.17) is 30.8 Å². The zero-order valence-electron chi connectivity index (χ0n) is 24.0. The van der Waals surface area contributed by atoms with Crippen molar-refractivity contribution in [3.63, 3.8) is 0 Å². The van der Waals surface area contributed by atoms with Crippen molar-refractivity contribution in [2.45, 2.75) is 57.6 Å². The highest BCUT2D eigenvalue weighted by Gasteiger charge is 2.41. The Labute approximate surface area is 262 Å². The Morgan fingerprint density at radius 1 is 1.12 bits per heavy atom. The molecule has 3 aliphatic heterocycles. The lowest BCUT2D eigenvalue weighted by molar-refractivity contribution is -0.0721. The molecule has 7 rings (SSSR count). The summed E-state index contributed by atoms with van der Waals surface area (Å²) in [5, 5.41) is 10.1. The Kier molecular flexibility index (Phi) is 8.30. The molecule has 2 aromatic carbocycles. The van der Waals surface area contributed by atoms with E-state index in [-0.39, 0.29) is 25.2 Å². The van der Waals surface area contributed by atoms with Crippen LogP contribution in [0.3, 0.4) is 0 Å². The predicted molar refractivity (Wildman–Crippen MR) is 167 cm³/mol. The van der Waals surface area contributed by atoms with Gasteiger partial charge in [-0.1, -0.05) is 23.7 Å². The lowest BCUT2D eigenvalue weighted by atomic mass is 9.89. The Morgan fingerprint density at radius 2 is 1.93 bits per heavy atom. The monoisotopic (exact) mass is 622 g/mol. The van der Waals surface area contributed by atoms with Crippen molar-refractivity contribution in [3.05, 3.63) is 82.4 Å². The van der Waals surface area contributed by atoms with Gasteiger partial charge in [-0.2, -0.15) is 13.5 Å². The van der Waals surface area contributed by atoms with E-state index < -0.39 is 11.8 Å². The minimum Gasteiger partial charge on any atom is -0.478 e. The van der Waals surface area contributed by atoms with Crippen LogP contribution >= 0.6 is 25.1 Å². The van der Waals surface area contributed by atoms with Crippen molar-refractivity contribution in [3.8, 4) is 11.5 Å². The van der Waals surface area contributed by atoms with E-state index in [1.54, 1.807) is 24.4 Å². The Hall–Kier alpha value is -3.31. The summed E-state index contributed by atoms with van der Waals surface area (Å²) in [6, 6.07) is 14.9. The van der Waals surface area contributed by atoms with E-state index in [0.717, 1.165) is 85.8 Å². The second kappa shape index (κ2) is 12.0. The van der Waals surface area contributed by atoms with Gasteiger partial charge in [0.25, 0.3) is 5.79 Å². The van der Waals surface area contributed by atoms with Gasteiger partial charge in [0.1, 0.15) is 11.5 Å². The number of carboxylic acids is 1. The number of aromatic carboxylic acids is 1. The van der Waals surface area contributed by atoms with Gasteiger partial charge >= 0.3 is 5.97 Å². The van der Waals surface area contributed by atoms with E-state index in [0.29, 0.717) is 23.2 Å². The molecule has 4 aromatic rings. The molecule has 43 heavy (non-hydrogen) atoms. The molecule has 0 amide bonds. The highest BCUT2D eigenvalue weighted by atomic mass is 35.5. The standard InChI is InChI=1S/C32H33ClN4O5.H2S/c1-32(28-8-6-23(33)17-34-28)41-27-4-2-3-21(30(27)42-32)15-20-9-12-36(13-10-20)19-29-35-25-7-5-22(31(38)39)16-26(25)37(29)18-24-11-14-40-24;/h2-8,16-17,20,24H,9-15,18-19H2,1H3,(H,38,39);1H2/t24-,32?;/m0./s1. The van der Waals surface area contributed by atoms with E-state index in [2.05, 4.69) is 20.5 Å². The number of benzene rings is 2. The van der Waals surface area contributed by atoms with Gasteiger partial charge in [-0.15, -0.1) is 0 Å². The molecule has 1 unspecified atom stereocenters. The highest BCUT2D eigenvalue weighted by molar-refractivity contribution is 7.59. The number of hydrogen-bond donors (Lipinski definition) is 1. The number of rotatable bonds is 8. The van der Waals surface area contributed by atoms with Gasteiger partial charge in [-0.05, 0) is 86.7 Å². The molecule has 226 valence electrons. The summed E-state index contributed by atoms with van der Waals surface area (Å²) < 4.78 is 20.5. The second-order valence-electron chi connectivity index (χ2n) is 11.6. The SMILES string of the molecule is CC1(c2ccc(Cl)cn2)Oc2cccc(CC3CCN(Cc4nc5ccc(C(=O)O)cc5n4C[C@@H]4CCO4)CC3)c2O1.S. The maximum Gasteiger partial charge on any atom is 0.335 e. The topological polar surface area (TPSA) is 98.9 Å². The van der Waals surface area contributed by atoms with E-state index in [9.17, 15) is 9.90 Å². The molecule has 0 saturated carbocycles. The minimum absolute atomic E-state index is 0. The van der Waals surface area contributed by atoms with Crippen LogP contribution in [0.15, 0.2) is 54.7 Å². The maximum absolute atomic E-state index is 11.6. The number of carbonyl (C=O) groups is 1. The molecule has 5 heterocycles. The first-order valence-corrected chi connectivity index (χ1v) is 14.9. The number of piperidine rings is 1. The van der Waals surface area contributed by atoms with E-state index >= 15 is 0 Å². The molecule has 2 atom stereocenters. The number of pyridine rings is 1. The van der Waals surface area contributed by atoms with Gasteiger partial charge < -0.3 is 23.9 Å². The third-order valence-corrected chi connectivity index (χ3v) is 8.91. The quantitative estimate of drug-likeness (QED) is 0.264. The molecule has 2 aromatic heterocycles. The fraction of sp³-hybridized carbons (Fsp3) is 0.406. The lowest BCUT2D eigenvalue weighted by Gasteiger charge is -2.32. The van der Waals surface area contributed by atoms with Gasteiger partial charge in [0.05, 0.1) is 40.8 Å². The van der Waals surface area contributed by atoms with Crippen LogP contribution in [0.25, 0.3) is 11.0 Å². The van der Waals surface area contributed by atoms with Crippen molar-refractivity contribution >= 4 is 42.1 Å². The zero-order valence-corrected chi connectivity index (χ0v) is 25.7. The van der Waals surface area contributed by atoms with Crippen LogP contribution < -0.4 is 9.47 Å². The van der Waals surface area contributed by atoms with E-state index in [1.807, 2.05) is 31.2 Å². The average Bonchev–Trinajstić information content (AvgIpc) is 3.49. The van der Waals surface area contributed by atoms with Crippen LogP contribution in [0.1, 0.15) is 53.6 Å². The minimum atomic E-state index is -0.992. The molecule has 0 radical (unpaired) electrons. The molecular formula is C32H35ClN4O5S. The Morgan fingerprint density at radius 3 is 2.63 bits per heavy atom. The van der Waals surface area contributed by atoms with Crippen LogP contribution in [-0.4, -0.2) is 56.3 Å². The number of likely N-dealkylation sites (tertiary alicyclic amines) is 1. The van der Waals surface area contributed by atoms with Crippen molar-refractivity contribution in [1.82, 2.24) is 19.4 Å². The van der Waals surface area contributed by atoms with Crippen LogP contribution in [0.2, 0.25) is 5.02 Å². The fourth-order valence-corrected chi connectivity index (χ4v) is 6.33. The van der Waals surface area contributed by atoms with Crippen molar-refractivity contribution in [2.24, 2.45) is 5.92 Å². The number of fused-ring (bicyclic) bond motifs is 2. The van der Waals surface area contributed by atoms with Gasteiger partial charge in [0, 0.05) is 19.7 Å². The molecule has 9 nitrogen and oxygen atoms in total. The normalized spacial score (nSPS) is 21.9. The van der Waals surface area contributed by atoms with Crippen LogP contribution in [0.5, 0.6) is 11.5 Å². The molecule has 11 heteroatoms. The largest absolute Gasteiger partial charge is 0.478 e. The molecule has 2 fully saturated rings. The summed E-state index contributed by atoms with van der Waals surface area (Å²) in [5.41, 5.74) is 3.79. The molecular weight excluding hydrogens is 588 g/mol. The number of nitrogens with zero attached hydrogens (tertiary/aromatic N) is 4. The first-order valence-electron chi connectivity index (χ1n) is 14.5. The summed E-state index contributed by atoms with van der Waals surface area (Å²) >= 11 is 6.04. The van der Waals surface area contributed by atoms with Crippen LogP contribution in [0.4, 0.5) is 0 Å². The maximum atomic E-state index is 11.6. The predicted octanol–water partition coefficient (Wildman–Crippen LogP) is 5.78. The smallest absolute Gasteiger partial charge is 0.335 e. The van der Waals surface area contributed by atoms with Gasteiger partial charge in [0.15, 0.2) is 11.5 Å². The molecule has 0 bridgehead atoms. The second-order valence-corrected chi connectivity index (χ2v) is 12.0. The Bertz CT molecular complexity index is 1640. The number of imidazole rings is 1. The van der Waals surface area contributed by atoms with Crippen molar-refractivity contribution < 1.29 is 24.1 Å². The fourth-order valence-electron chi connectivity index (χ4n) is 6.21. The van der Waals surface area contributed by atoms with E-state index in [1.165, 1.54) is 0 Å². The summed E-state index contributed by atoms with van der Waals surface area (Å²) in [6.45, 7) is 6.01. The third-order valence-electron chi connectivity index (χ3n) is 8.69. The summed E-state index contributed by atoms with van der Waals surface area (Å²) in [5.74, 6) is 1.10. The number of carboxylic acid groups (broad SMARTS) is 1. The number of halogens is 1. The highest BCUT2D eigenvalue weighted by Crippen LogP contribution is 2.46. The summed E-state index contributed by atoms with van der Waals surface area (Å²) in [4.78, 5) is 23.4. The zero-order chi connectivity index (χ0) is 28.8. The van der Waals surface area contributed by atoms with Gasteiger partial charge in [-0.3, -0.25) is 9.88 Å². The lowest BCUT2D eigenvalue weighted by Crippen LogP contribution is -2.36. The summed E-state index contributed by atoms with van der Waals surface area (Å²) in [7, 11) is 0. The summed E-state index contributed by atoms with van der Waals surface area (Å²) in [6.07, 6.45) is 5.81. The molecule has 3 aliphatic rings. The van der Waals surface area contributed by atoms with Gasteiger partial charge in [-0.25, -0.2) is 9.78 Å². The van der Waals surface area contributed by atoms with Crippen LogP contribution in [-0.2, 0) is 30.0 Å². The molecule has 1 N–H and O–H groups in total. The molecule has 0 aliphatic carbocycles. The average molecular weight is 623 g/mol. The first-order chi connectivity index (χ1) is 20.3. The number of ether oxygens (including phenoxy) is 3. The molecule has 0 spiro atoms. The number of aromatic nitrogens is 3. The number of hydrogen-bond acceptors (Lipinski definition) is 7. The number of para-hydroxylation sites is 1. The van der Waals surface area contributed by atoms with Crippen molar-refractivity contribution in [2.75, 3.05) is 19.7 Å². The molecule has 2 saturated heterocycles. The Balaban J connectivity index is 0.00000329. The third kappa shape index (κ3) is 5.93. The van der Waals surface area contributed by atoms with Crippen molar-refractivity contribution in [1.29, 1.82) is 0 Å². The van der Waals surface area contributed by atoms with Crippen LogP contribution in [0, 0.1) is 5.92 Å². The van der Waals surface area contributed by atoms with Gasteiger partial charge in [0.2, 0.25) is 0 Å². The first kappa shape index (κ1) is 29.7.